The number of carbonyl (C=O) groups excluding carboxylic acids is 1. The summed E-state index contributed by atoms with van der Waals surface area (Å²) in [6, 6.07) is 4.20. The van der Waals surface area contributed by atoms with Crippen LogP contribution in [0.3, 0.4) is 0 Å². The van der Waals surface area contributed by atoms with Crippen LogP contribution in [0.15, 0.2) is 17.5 Å². The molecule has 2 aliphatic rings. The Bertz CT molecular complexity index is 692. The smallest absolute Gasteiger partial charge is 0.223 e. The molecule has 1 aliphatic heterocycles. The Labute approximate surface area is 152 Å². The van der Waals surface area contributed by atoms with Gasteiger partial charge in [0.1, 0.15) is 0 Å². The molecule has 0 radical (unpaired) electrons. The molecule has 0 spiro atoms. The van der Waals surface area contributed by atoms with Gasteiger partial charge in [-0.05, 0) is 48.3 Å². The molecule has 6 nitrogen and oxygen atoms in total. The lowest BCUT2D eigenvalue weighted by Crippen LogP contribution is -2.39. The van der Waals surface area contributed by atoms with Crippen molar-refractivity contribution in [2.75, 3.05) is 6.54 Å². The fourth-order valence-corrected chi connectivity index (χ4v) is 4.77. The van der Waals surface area contributed by atoms with Gasteiger partial charge in [0.25, 0.3) is 0 Å². The molecule has 134 valence electrons. The third-order valence-corrected chi connectivity index (χ3v) is 6.32. The summed E-state index contributed by atoms with van der Waals surface area (Å²) in [6.07, 6.45) is 9.19. The Morgan fingerprint density at radius 3 is 2.88 bits per heavy atom. The highest BCUT2D eigenvalue weighted by Gasteiger charge is 2.31. The van der Waals surface area contributed by atoms with E-state index in [4.69, 9.17) is 0 Å². The fraction of sp³-hybridized carbons (Fsp3) is 0.667. The molecule has 0 aromatic carbocycles. The first kappa shape index (κ1) is 16.7. The topological polar surface area (TPSA) is 63.9 Å². The normalized spacial score (nSPS) is 21.8. The van der Waals surface area contributed by atoms with E-state index in [2.05, 4.69) is 20.3 Å². The summed E-state index contributed by atoms with van der Waals surface area (Å²) in [4.78, 5) is 17.5. The van der Waals surface area contributed by atoms with Crippen molar-refractivity contribution in [3.05, 3.63) is 17.5 Å². The maximum Gasteiger partial charge on any atom is 0.223 e. The van der Waals surface area contributed by atoms with E-state index in [0.29, 0.717) is 24.2 Å². The van der Waals surface area contributed by atoms with Gasteiger partial charge < -0.3 is 4.90 Å². The van der Waals surface area contributed by atoms with Crippen molar-refractivity contribution in [1.82, 2.24) is 25.1 Å². The van der Waals surface area contributed by atoms with E-state index < -0.39 is 0 Å². The molecule has 0 unspecified atom stereocenters. The Morgan fingerprint density at radius 2 is 2.08 bits per heavy atom. The lowest BCUT2D eigenvalue weighted by Gasteiger charge is -2.27. The van der Waals surface area contributed by atoms with E-state index >= 15 is 0 Å². The minimum absolute atomic E-state index is 0.210. The molecule has 1 saturated carbocycles. The average Bonchev–Trinajstić information content (AvgIpc) is 3.37. The molecule has 7 heteroatoms. The largest absolute Gasteiger partial charge is 0.338 e. The van der Waals surface area contributed by atoms with Crippen LogP contribution in [0.2, 0.25) is 0 Å². The van der Waals surface area contributed by atoms with Crippen molar-refractivity contribution in [2.45, 2.75) is 64.0 Å². The maximum absolute atomic E-state index is 12.8. The van der Waals surface area contributed by atoms with E-state index in [0.717, 1.165) is 30.7 Å². The number of tetrazole rings is 1. The van der Waals surface area contributed by atoms with Crippen LogP contribution in [0.1, 0.15) is 51.4 Å². The lowest BCUT2D eigenvalue weighted by atomic mass is 9.86. The van der Waals surface area contributed by atoms with E-state index in [-0.39, 0.29) is 6.04 Å². The number of likely N-dealkylation sites (tertiary alicyclic amines) is 1. The van der Waals surface area contributed by atoms with Crippen molar-refractivity contribution in [3.63, 3.8) is 0 Å². The Kier molecular flexibility index (Phi) is 5.10. The first-order valence-electron chi connectivity index (χ1n) is 9.41. The summed E-state index contributed by atoms with van der Waals surface area (Å²) >= 11 is 1.61. The number of hydrogen-bond acceptors (Lipinski definition) is 5. The van der Waals surface area contributed by atoms with E-state index in [1.807, 2.05) is 17.5 Å². The summed E-state index contributed by atoms with van der Waals surface area (Å²) in [7, 11) is 0. The van der Waals surface area contributed by atoms with Gasteiger partial charge in [-0.1, -0.05) is 25.3 Å². The highest BCUT2D eigenvalue weighted by Crippen LogP contribution is 2.29. The van der Waals surface area contributed by atoms with Gasteiger partial charge in [-0.15, -0.1) is 21.5 Å². The SMILES string of the molecule is O=C(CC1CCCCC1)N1CCC[C@H]1Cn1nnc(-c2cccs2)n1. The molecule has 2 aromatic rings. The number of hydrogen-bond donors (Lipinski definition) is 0. The zero-order valence-corrected chi connectivity index (χ0v) is 15.3. The Balaban J connectivity index is 1.37. The highest BCUT2D eigenvalue weighted by molar-refractivity contribution is 7.13. The molecular weight excluding hydrogens is 334 g/mol. The first-order valence-corrected chi connectivity index (χ1v) is 10.3. The maximum atomic E-state index is 12.8. The zero-order valence-electron chi connectivity index (χ0n) is 14.5. The lowest BCUT2D eigenvalue weighted by molar-refractivity contribution is -0.133. The molecule has 1 aliphatic carbocycles. The summed E-state index contributed by atoms with van der Waals surface area (Å²) < 4.78 is 0. The standard InChI is InChI=1S/C18H25N5OS/c24-17(12-14-6-2-1-3-7-14)22-10-4-8-15(22)13-23-20-18(19-21-23)16-9-5-11-25-16/h5,9,11,14-15H,1-4,6-8,10,12-13H2/t15-/m0/s1. The highest BCUT2D eigenvalue weighted by atomic mass is 32.1. The van der Waals surface area contributed by atoms with E-state index in [9.17, 15) is 4.79 Å². The van der Waals surface area contributed by atoms with Crippen LogP contribution in [0, 0.1) is 5.92 Å². The Hall–Kier alpha value is -1.76. The average molecular weight is 359 g/mol. The second-order valence-corrected chi connectivity index (χ2v) is 8.18. The van der Waals surface area contributed by atoms with Crippen molar-refractivity contribution < 1.29 is 4.79 Å². The molecule has 2 fully saturated rings. The number of amides is 1. The molecule has 1 saturated heterocycles. The first-order chi connectivity index (χ1) is 12.3. The van der Waals surface area contributed by atoms with Gasteiger partial charge in [0.15, 0.2) is 0 Å². The van der Waals surface area contributed by atoms with Gasteiger partial charge in [-0.25, -0.2) is 0 Å². The van der Waals surface area contributed by atoms with Crippen LogP contribution in [-0.2, 0) is 11.3 Å². The number of rotatable bonds is 5. The molecule has 2 aromatic heterocycles. The summed E-state index contributed by atoms with van der Waals surface area (Å²) in [6.45, 7) is 1.53. The summed E-state index contributed by atoms with van der Waals surface area (Å²) in [5.74, 6) is 1.60. The van der Waals surface area contributed by atoms with Gasteiger partial charge in [0.05, 0.1) is 17.5 Å². The molecule has 25 heavy (non-hydrogen) atoms. The van der Waals surface area contributed by atoms with Gasteiger partial charge in [0.2, 0.25) is 11.7 Å². The van der Waals surface area contributed by atoms with Gasteiger partial charge >= 0.3 is 0 Å². The predicted octanol–water partition coefficient (Wildman–Crippen LogP) is 3.36. The third-order valence-electron chi connectivity index (χ3n) is 5.45. The second-order valence-electron chi connectivity index (χ2n) is 7.24. The van der Waals surface area contributed by atoms with Crippen molar-refractivity contribution in [1.29, 1.82) is 0 Å². The molecule has 0 bridgehead atoms. The van der Waals surface area contributed by atoms with Gasteiger partial charge in [-0.3, -0.25) is 4.79 Å². The van der Waals surface area contributed by atoms with Crippen LogP contribution in [0.25, 0.3) is 10.7 Å². The quantitative estimate of drug-likeness (QED) is 0.821. The number of carbonyl (C=O) groups is 1. The fourth-order valence-electron chi connectivity index (χ4n) is 4.12. The predicted molar refractivity (Wildman–Crippen MR) is 97.1 cm³/mol. The zero-order chi connectivity index (χ0) is 17.1. The minimum atomic E-state index is 0.210. The van der Waals surface area contributed by atoms with Gasteiger partial charge in [-0.2, -0.15) is 4.80 Å². The summed E-state index contributed by atoms with van der Waals surface area (Å²) in [5.41, 5.74) is 0. The molecule has 4 rings (SSSR count). The van der Waals surface area contributed by atoms with Gasteiger partial charge in [0, 0.05) is 13.0 Å². The van der Waals surface area contributed by atoms with Crippen LogP contribution < -0.4 is 0 Å². The Morgan fingerprint density at radius 1 is 1.20 bits per heavy atom. The number of thiophene rings is 1. The van der Waals surface area contributed by atoms with E-state index in [1.54, 1.807) is 16.1 Å². The van der Waals surface area contributed by atoms with Crippen LogP contribution in [-0.4, -0.2) is 43.6 Å². The number of nitrogens with zero attached hydrogens (tertiary/aromatic N) is 5. The molecule has 1 atom stereocenters. The van der Waals surface area contributed by atoms with Crippen LogP contribution in [0.5, 0.6) is 0 Å². The minimum Gasteiger partial charge on any atom is -0.338 e. The van der Waals surface area contributed by atoms with Crippen molar-refractivity contribution in [2.24, 2.45) is 5.92 Å². The molecule has 1 amide bonds. The second kappa shape index (κ2) is 7.64. The number of aromatic nitrogens is 4. The van der Waals surface area contributed by atoms with Crippen molar-refractivity contribution >= 4 is 17.2 Å². The van der Waals surface area contributed by atoms with Crippen LogP contribution >= 0.6 is 11.3 Å². The monoisotopic (exact) mass is 359 g/mol. The molecule has 3 heterocycles. The molecule has 0 N–H and O–H groups in total. The van der Waals surface area contributed by atoms with Crippen LogP contribution in [0.4, 0.5) is 0 Å². The molecular formula is C18H25N5OS. The third kappa shape index (κ3) is 3.92. The van der Waals surface area contributed by atoms with Crippen molar-refractivity contribution in [3.8, 4) is 10.7 Å². The van der Waals surface area contributed by atoms with E-state index in [1.165, 1.54) is 32.1 Å². The summed E-state index contributed by atoms with van der Waals surface area (Å²) in [5, 5.41) is 14.8.